The zero-order valence-corrected chi connectivity index (χ0v) is 18.1. The minimum absolute atomic E-state index is 0.0404. The molecule has 1 fully saturated rings. The molecule has 2 aromatic carbocycles. The van der Waals surface area contributed by atoms with Gasteiger partial charge in [0.05, 0.1) is 5.69 Å². The van der Waals surface area contributed by atoms with Crippen molar-refractivity contribution in [2.24, 2.45) is 5.92 Å². The van der Waals surface area contributed by atoms with Crippen LogP contribution in [-0.4, -0.2) is 49.1 Å². The highest BCUT2D eigenvalue weighted by atomic mass is 19.1. The summed E-state index contributed by atoms with van der Waals surface area (Å²) in [6.45, 7) is 6.10. The number of carbonyl (C=O) groups excluding carboxylic acids is 2. The summed E-state index contributed by atoms with van der Waals surface area (Å²) in [4.78, 5) is 29.2. The third-order valence-electron chi connectivity index (χ3n) is 5.75. The molecule has 1 aliphatic rings. The summed E-state index contributed by atoms with van der Waals surface area (Å²) in [7, 11) is 0. The zero-order chi connectivity index (χ0) is 22.2. The van der Waals surface area contributed by atoms with Gasteiger partial charge < -0.3 is 19.9 Å². The highest BCUT2D eigenvalue weighted by Gasteiger charge is 2.32. The molecular formula is C24H30FN3O3. The summed E-state index contributed by atoms with van der Waals surface area (Å²) in [6, 6.07) is 15.4. The largest absolute Gasteiger partial charge is 0.445 e. The van der Waals surface area contributed by atoms with Gasteiger partial charge in [-0.05, 0) is 23.6 Å². The van der Waals surface area contributed by atoms with E-state index in [2.05, 4.69) is 5.32 Å². The second kappa shape index (κ2) is 10.8. The van der Waals surface area contributed by atoms with Crippen LogP contribution in [0.3, 0.4) is 0 Å². The van der Waals surface area contributed by atoms with Gasteiger partial charge in [-0.3, -0.25) is 4.79 Å². The van der Waals surface area contributed by atoms with E-state index in [9.17, 15) is 14.0 Å². The topological polar surface area (TPSA) is 61.9 Å². The van der Waals surface area contributed by atoms with Gasteiger partial charge in [-0.1, -0.05) is 62.7 Å². The number of nitrogens with zero attached hydrogens (tertiary/aromatic N) is 2. The molecule has 2 aromatic rings. The Bertz CT molecular complexity index is 869. The summed E-state index contributed by atoms with van der Waals surface area (Å²) in [5.74, 6) is -0.428. The predicted molar refractivity (Wildman–Crippen MR) is 118 cm³/mol. The summed E-state index contributed by atoms with van der Waals surface area (Å²) in [5.41, 5.74) is 1.43. The van der Waals surface area contributed by atoms with Gasteiger partial charge in [0.15, 0.2) is 0 Å². The van der Waals surface area contributed by atoms with Crippen LogP contribution in [0.1, 0.15) is 25.8 Å². The molecule has 0 aliphatic carbocycles. The normalized spacial score (nSPS) is 15.8. The van der Waals surface area contributed by atoms with Crippen molar-refractivity contribution in [3.63, 3.8) is 0 Å². The molecule has 0 saturated carbocycles. The van der Waals surface area contributed by atoms with Crippen LogP contribution in [0.4, 0.5) is 14.9 Å². The molecule has 0 bridgehead atoms. The van der Waals surface area contributed by atoms with Crippen molar-refractivity contribution in [2.75, 3.05) is 31.1 Å². The number of amides is 2. The molecule has 2 amide bonds. The molecule has 0 radical (unpaired) electrons. The van der Waals surface area contributed by atoms with Crippen LogP contribution >= 0.6 is 0 Å². The van der Waals surface area contributed by atoms with Crippen LogP contribution in [0.15, 0.2) is 54.6 Å². The monoisotopic (exact) mass is 427 g/mol. The fourth-order valence-electron chi connectivity index (χ4n) is 3.65. The van der Waals surface area contributed by atoms with Crippen molar-refractivity contribution in [3.05, 3.63) is 66.0 Å². The highest BCUT2D eigenvalue weighted by molar-refractivity contribution is 5.86. The molecule has 1 N–H and O–H groups in total. The maximum absolute atomic E-state index is 14.1. The smallest absolute Gasteiger partial charge is 0.408 e. The number of ether oxygens (including phenoxy) is 1. The molecule has 1 heterocycles. The van der Waals surface area contributed by atoms with Crippen LogP contribution in [0, 0.1) is 11.7 Å². The molecule has 1 aliphatic heterocycles. The standard InChI is InChI=1S/C24H30FN3O3/c1-3-18(2)22(26-24(30)31-17-19-9-5-4-6-10-19)23(29)28-15-13-27(14-16-28)21-12-8-7-11-20(21)25/h4-12,18,22H,3,13-17H2,1-2H3,(H,26,30)/t18-,22-/m0/s1. The number of para-hydroxylation sites is 1. The Hall–Kier alpha value is -3.09. The molecule has 0 spiro atoms. The van der Waals surface area contributed by atoms with Crippen molar-refractivity contribution in [3.8, 4) is 0 Å². The van der Waals surface area contributed by atoms with Gasteiger partial charge in [-0.25, -0.2) is 9.18 Å². The van der Waals surface area contributed by atoms with Crippen LogP contribution in [0.5, 0.6) is 0 Å². The number of rotatable bonds is 7. The molecular weight excluding hydrogens is 397 g/mol. The Balaban J connectivity index is 1.57. The number of hydrogen-bond acceptors (Lipinski definition) is 4. The molecule has 0 unspecified atom stereocenters. The van der Waals surface area contributed by atoms with Gasteiger partial charge in [0, 0.05) is 26.2 Å². The molecule has 3 rings (SSSR count). The molecule has 0 aromatic heterocycles. The first kappa shape index (κ1) is 22.6. The van der Waals surface area contributed by atoms with E-state index in [0.29, 0.717) is 31.9 Å². The van der Waals surface area contributed by atoms with E-state index >= 15 is 0 Å². The van der Waals surface area contributed by atoms with Crippen molar-refractivity contribution in [1.29, 1.82) is 0 Å². The number of piperazine rings is 1. The molecule has 1 saturated heterocycles. The summed E-state index contributed by atoms with van der Waals surface area (Å²) in [6.07, 6.45) is 0.136. The van der Waals surface area contributed by atoms with E-state index < -0.39 is 12.1 Å². The Morgan fingerprint density at radius 1 is 1.03 bits per heavy atom. The predicted octanol–water partition coefficient (Wildman–Crippen LogP) is 3.82. The maximum atomic E-state index is 14.1. The maximum Gasteiger partial charge on any atom is 0.408 e. The molecule has 166 valence electrons. The van der Waals surface area contributed by atoms with Crippen molar-refractivity contribution < 1.29 is 18.7 Å². The SMILES string of the molecule is CC[C@H](C)[C@H](NC(=O)OCc1ccccc1)C(=O)N1CCN(c2ccccc2F)CC1. The number of carbonyl (C=O) groups is 2. The Kier molecular flexibility index (Phi) is 7.87. The lowest BCUT2D eigenvalue weighted by molar-refractivity contribution is -0.135. The van der Waals surface area contributed by atoms with E-state index in [1.54, 1.807) is 23.1 Å². The second-order valence-electron chi connectivity index (χ2n) is 7.83. The van der Waals surface area contributed by atoms with Gasteiger partial charge >= 0.3 is 6.09 Å². The van der Waals surface area contributed by atoms with Crippen LogP contribution in [0.25, 0.3) is 0 Å². The van der Waals surface area contributed by atoms with Crippen LogP contribution < -0.4 is 10.2 Å². The van der Waals surface area contributed by atoms with Gasteiger partial charge in [0.2, 0.25) is 5.91 Å². The molecule has 6 nitrogen and oxygen atoms in total. The quantitative estimate of drug-likeness (QED) is 0.730. The molecule has 2 atom stereocenters. The molecule has 7 heteroatoms. The van der Waals surface area contributed by atoms with Crippen molar-refractivity contribution in [2.45, 2.75) is 32.9 Å². The number of halogens is 1. The van der Waals surface area contributed by atoms with Crippen LogP contribution in [0.2, 0.25) is 0 Å². The molecule has 31 heavy (non-hydrogen) atoms. The van der Waals surface area contributed by atoms with Gasteiger partial charge in [0.1, 0.15) is 18.5 Å². The Labute approximate surface area is 183 Å². The fourth-order valence-corrected chi connectivity index (χ4v) is 3.65. The third kappa shape index (κ3) is 5.96. The minimum atomic E-state index is -0.659. The average Bonchev–Trinajstić information content (AvgIpc) is 2.81. The van der Waals surface area contributed by atoms with Crippen LogP contribution in [-0.2, 0) is 16.1 Å². The highest BCUT2D eigenvalue weighted by Crippen LogP contribution is 2.21. The van der Waals surface area contributed by atoms with E-state index in [1.807, 2.05) is 49.1 Å². The second-order valence-corrected chi connectivity index (χ2v) is 7.83. The summed E-state index contributed by atoms with van der Waals surface area (Å²) >= 11 is 0. The number of hydrogen-bond donors (Lipinski definition) is 1. The van der Waals surface area contributed by atoms with Gasteiger partial charge in [-0.2, -0.15) is 0 Å². The average molecular weight is 428 g/mol. The Morgan fingerprint density at radius 3 is 2.32 bits per heavy atom. The fraction of sp³-hybridized carbons (Fsp3) is 0.417. The lowest BCUT2D eigenvalue weighted by Gasteiger charge is -2.38. The first-order valence-electron chi connectivity index (χ1n) is 10.7. The van der Waals surface area contributed by atoms with E-state index in [1.165, 1.54) is 6.07 Å². The van der Waals surface area contributed by atoms with Crippen molar-refractivity contribution in [1.82, 2.24) is 10.2 Å². The van der Waals surface area contributed by atoms with Gasteiger partial charge in [-0.15, -0.1) is 0 Å². The summed E-state index contributed by atoms with van der Waals surface area (Å²) in [5, 5.41) is 2.76. The van der Waals surface area contributed by atoms with Gasteiger partial charge in [0.25, 0.3) is 0 Å². The number of alkyl carbamates (subject to hydrolysis) is 1. The first-order chi connectivity index (χ1) is 15.0. The number of benzene rings is 2. The summed E-state index contributed by atoms with van der Waals surface area (Å²) < 4.78 is 19.4. The lowest BCUT2D eigenvalue weighted by Crippen LogP contribution is -2.56. The number of anilines is 1. The van der Waals surface area contributed by atoms with E-state index in [0.717, 1.165) is 12.0 Å². The zero-order valence-electron chi connectivity index (χ0n) is 18.1. The lowest BCUT2D eigenvalue weighted by atomic mass is 9.97. The third-order valence-corrected chi connectivity index (χ3v) is 5.75. The number of nitrogens with one attached hydrogen (secondary N) is 1. The Morgan fingerprint density at radius 2 is 1.68 bits per heavy atom. The minimum Gasteiger partial charge on any atom is -0.445 e. The van der Waals surface area contributed by atoms with E-state index in [4.69, 9.17) is 4.74 Å². The van der Waals surface area contributed by atoms with E-state index in [-0.39, 0.29) is 24.2 Å². The first-order valence-corrected chi connectivity index (χ1v) is 10.7. The van der Waals surface area contributed by atoms with Crippen molar-refractivity contribution >= 4 is 17.7 Å².